The van der Waals surface area contributed by atoms with Crippen molar-refractivity contribution in [2.75, 3.05) is 13.6 Å². The van der Waals surface area contributed by atoms with Crippen LogP contribution in [0.25, 0.3) is 10.2 Å². The largest absolute Gasteiger partial charge is 0.338 e. The standard InChI is InChI=1S/C22H23N3O2S/c1-15(21-23-18-6-3-4-7-19(18)28-21)24(2)22(27)17-11-9-16(10-12-17)14-25-13-5-8-20(25)26/h3-4,6-7,9-12,15H,5,8,13-14H2,1-2H3/t15-/m0/s1. The third kappa shape index (κ3) is 3.64. The molecule has 28 heavy (non-hydrogen) atoms. The highest BCUT2D eigenvalue weighted by Gasteiger charge is 2.23. The van der Waals surface area contributed by atoms with Crippen molar-refractivity contribution in [2.45, 2.75) is 32.4 Å². The number of thiazole rings is 1. The molecule has 1 atom stereocenters. The number of fused-ring (bicyclic) bond motifs is 1. The first kappa shape index (κ1) is 18.6. The molecule has 2 heterocycles. The van der Waals surface area contributed by atoms with Crippen LogP contribution in [0.5, 0.6) is 0 Å². The fraction of sp³-hybridized carbons (Fsp3) is 0.318. The van der Waals surface area contributed by atoms with Crippen molar-refractivity contribution in [3.05, 3.63) is 64.7 Å². The molecule has 2 amide bonds. The molecule has 1 aromatic heterocycles. The number of benzene rings is 2. The van der Waals surface area contributed by atoms with Gasteiger partial charge in [0.05, 0.1) is 16.3 Å². The maximum Gasteiger partial charge on any atom is 0.254 e. The van der Waals surface area contributed by atoms with Gasteiger partial charge in [-0.15, -0.1) is 11.3 Å². The van der Waals surface area contributed by atoms with Crippen molar-refractivity contribution in [3.8, 4) is 0 Å². The number of carbonyl (C=O) groups is 2. The van der Waals surface area contributed by atoms with Crippen LogP contribution in [0.2, 0.25) is 0 Å². The van der Waals surface area contributed by atoms with Crippen LogP contribution in [0.1, 0.15) is 46.7 Å². The molecular weight excluding hydrogens is 370 g/mol. The number of rotatable bonds is 5. The molecular formula is C22H23N3O2S. The van der Waals surface area contributed by atoms with E-state index in [1.54, 1.807) is 16.2 Å². The van der Waals surface area contributed by atoms with Gasteiger partial charge in [-0.25, -0.2) is 4.98 Å². The molecule has 0 bridgehead atoms. The lowest BCUT2D eigenvalue weighted by molar-refractivity contribution is -0.128. The minimum atomic E-state index is -0.105. The van der Waals surface area contributed by atoms with E-state index in [0.717, 1.165) is 33.8 Å². The lowest BCUT2D eigenvalue weighted by Crippen LogP contribution is -2.29. The fourth-order valence-corrected chi connectivity index (χ4v) is 4.52. The normalized spacial score (nSPS) is 15.2. The molecule has 1 aliphatic rings. The van der Waals surface area contributed by atoms with Gasteiger partial charge >= 0.3 is 0 Å². The van der Waals surface area contributed by atoms with Crippen LogP contribution in [-0.4, -0.2) is 40.2 Å². The third-order valence-electron chi connectivity index (χ3n) is 5.31. The van der Waals surface area contributed by atoms with Crippen LogP contribution < -0.4 is 0 Å². The summed E-state index contributed by atoms with van der Waals surface area (Å²) in [6, 6.07) is 15.5. The number of para-hydroxylation sites is 1. The SMILES string of the molecule is C[C@@H](c1nc2ccccc2s1)N(C)C(=O)c1ccc(CN2CCCC2=O)cc1. The van der Waals surface area contributed by atoms with Crippen molar-refractivity contribution >= 4 is 33.4 Å². The van der Waals surface area contributed by atoms with E-state index in [4.69, 9.17) is 0 Å². The molecule has 0 saturated carbocycles. The third-order valence-corrected chi connectivity index (χ3v) is 6.52. The van der Waals surface area contributed by atoms with E-state index >= 15 is 0 Å². The van der Waals surface area contributed by atoms with Gasteiger partial charge in [-0.2, -0.15) is 0 Å². The van der Waals surface area contributed by atoms with Gasteiger partial charge in [0.2, 0.25) is 5.91 Å². The predicted octanol–water partition coefficient (Wildman–Crippen LogP) is 4.25. The fourth-order valence-electron chi connectivity index (χ4n) is 3.46. The Hall–Kier alpha value is -2.73. The molecule has 3 aromatic rings. The highest BCUT2D eigenvalue weighted by molar-refractivity contribution is 7.18. The molecule has 1 aliphatic heterocycles. The molecule has 1 saturated heterocycles. The average molecular weight is 394 g/mol. The van der Waals surface area contributed by atoms with E-state index < -0.39 is 0 Å². The first-order chi connectivity index (χ1) is 13.5. The first-order valence-corrected chi connectivity index (χ1v) is 10.3. The molecule has 6 heteroatoms. The zero-order chi connectivity index (χ0) is 19.7. The summed E-state index contributed by atoms with van der Waals surface area (Å²) in [6.07, 6.45) is 1.58. The van der Waals surface area contributed by atoms with E-state index in [2.05, 4.69) is 11.1 Å². The molecule has 4 rings (SSSR count). The lowest BCUT2D eigenvalue weighted by Gasteiger charge is -2.23. The molecule has 0 N–H and O–H groups in total. The quantitative estimate of drug-likeness (QED) is 0.651. The van der Waals surface area contributed by atoms with Gasteiger partial charge in [-0.1, -0.05) is 24.3 Å². The van der Waals surface area contributed by atoms with Crippen molar-refractivity contribution in [1.29, 1.82) is 0 Å². The van der Waals surface area contributed by atoms with Crippen LogP contribution in [0.3, 0.4) is 0 Å². The minimum Gasteiger partial charge on any atom is -0.338 e. The topological polar surface area (TPSA) is 53.5 Å². The summed E-state index contributed by atoms with van der Waals surface area (Å²) in [4.78, 5) is 33.0. The van der Waals surface area contributed by atoms with Crippen LogP contribution >= 0.6 is 11.3 Å². The zero-order valence-electron chi connectivity index (χ0n) is 16.1. The Balaban J connectivity index is 1.46. The summed E-state index contributed by atoms with van der Waals surface area (Å²) in [7, 11) is 1.82. The van der Waals surface area contributed by atoms with Crippen molar-refractivity contribution in [3.63, 3.8) is 0 Å². The van der Waals surface area contributed by atoms with Gasteiger partial charge in [-0.3, -0.25) is 9.59 Å². The minimum absolute atomic E-state index is 0.0319. The molecule has 0 aliphatic carbocycles. The Morgan fingerprint density at radius 3 is 2.64 bits per heavy atom. The van der Waals surface area contributed by atoms with Gasteiger partial charge in [-0.05, 0) is 43.2 Å². The van der Waals surface area contributed by atoms with Crippen molar-refractivity contribution in [2.24, 2.45) is 0 Å². The van der Waals surface area contributed by atoms with Crippen molar-refractivity contribution < 1.29 is 9.59 Å². The number of amides is 2. The Bertz CT molecular complexity index is 979. The maximum absolute atomic E-state index is 12.9. The van der Waals surface area contributed by atoms with E-state index in [1.165, 1.54) is 0 Å². The van der Waals surface area contributed by atoms with Crippen molar-refractivity contribution in [1.82, 2.24) is 14.8 Å². The van der Waals surface area contributed by atoms with Gasteiger partial charge in [0.1, 0.15) is 5.01 Å². The second-order valence-electron chi connectivity index (χ2n) is 7.23. The Kier molecular flexibility index (Phi) is 5.13. The molecule has 0 radical (unpaired) electrons. The number of nitrogens with zero attached hydrogens (tertiary/aromatic N) is 3. The van der Waals surface area contributed by atoms with E-state index in [-0.39, 0.29) is 17.9 Å². The summed E-state index contributed by atoms with van der Waals surface area (Å²) >= 11 is 1.62. The van der Waals surface area contributed by atoms with Crippen LogP contribution in [0.4, 0.5) is 0 Å². The van der Waals surface area contributed by atoms with Gasteiger partial charge in [0, 0.05) is 32.1 Å². The smallest absolute Gasteiger partial charge is 0.254 e. The zero-order valence-corrected chi connectivity index (χ0v) is 16.9. The second-order valence-corrected chi connectivity index (χ2v) is 8.29. The average Bonchev–Trinajstić information content (AvgIpc) is 3.33. The van der Waals surface area contributed by atoms with Gasteiger partial charge in [0.25, 0.3) is 5.91 Å². The molecule has 0 spiro atoms. The number of hydrogen-bond acceptors (Lipinski definition) is 4. The molecule has 1 fully saturated rings. The molecule has 5 nitrogen and oxygen atoms in total. The van der Waals surface area contributed by atoms with Gasteiger partial charge < -0.3 is 9.80 Å². The summed E-state index contributed by atoms with van der Waals surface area (Å²) < 4.78 is 1.13. The molecule has 2 aromatic carbocycles. The summed E-state index contributed by atoms with van der Waals surface area (Å²) in [6.45, 7) is 3.44. The first-order valence-electron chi connectivity index (χ1n) is 9.52. The number of carbonyl (C=O) groups excluding carboxylic acids is 2. The predicted molar refractivity (Wildman–Crippen MR) is 111 cm³/mol. The van der Waals surface area contributed by atoms with E-state index in [0.29, 0.717) is 18.5 Å². The highest BCUT2D eigenvalue weighted by atomic mass is 32.1. The van der Waals surface area contributed by atoms with Crippen LogP contribution in [-0.2, 0) is 11.3 Å². The van der Waals surface area contributed by atoms with Crippen LogP contribution in [0, 0.1) is 0 Å². The molecule has 0 unspecified atom stereocenters. The summed E-state index contributed by atoms with van der Waals surface area (Å²) in [5.41, 5.74) is 2.66. The molecule has 144 valence electrons. The highest BCUT2D eigenvalue weighted by Crippen LogP contribution is 2.29. The van der Waals surface area contributed by atoms with E-state index in [9.17, 15) is 9.59 Å². The van der Waals surface area contributed by atoms with Gasteiger partial charge in [0.15, 0.2) is 0 Å². The second kappa shape index (κ2) is 7.72. The Morgan fingerprint density at radius 1 is 1.21 bits per heavy atom. The Morgan fingerprint density at radius 2 is 1.96 bits per heavy atom. The summed E-state index contributed by atoms with van der Waals surface area (Å²) in [5.74, 6) is 0.181. The lowest BCUT2D eigenvalue weighted by atomic mass is 10.1. The number of hydrogen-bond donors (Lipinski definition) is 0. The maximum atomic E-state index is 12.9. The number of aromatic nitrogens is 1. The number of likely N-dealkylation sites (tertiary alicyclic amines) is 1. The summed E-state index contributed by atoms with van der Waals surface area (Å²) in [5, 5.41) is 0.932. The monoisotopic (exact) mass is 393 g/mol. The Labute approximate surface area is 168 Å². The van der Waals surface area contributed by atoms with Crippen LogP contribution in [0.15, 0.2) is 48.5 Å². The van der Waals surface area contributed by atoms with E-state index in [1.807, 2.05) is 61.3 Å².